The Labute approximate surface area is 191 Å². The predicted octanol–water partition coefficient (Wildman–Crippen LogP) is 7.45. The highest BCUT2D eigenvalue weighted by Crippen LogP contribution is 2.30. The Bertz CT molecular complexity index is 725. The van der Waals surface area contributed by atoms with Crippen LogP contribution < -0.4 is 14.8 Å². The summed E-state index contributed by atoms with van der Waals surface area (Å²) in [5, 5.41) is 4.73. The van der Waals surface area contributed by atoms with Gasteiger partial charge in [-0.1, -0.05) is 67.9 Å². The maximum atomic E-state index is 6.23. The van der Waals surface area contributed by atoms with Gasteiger partial charge in [-0.25, -0.2) is 0 Å². The maximum Gasteiger partial charge on any atom is 0.161 e. The average molecular weight is 461 g/mol. The Morgan fingerprint density at radius 2 is 1.66 bits per heavy atom. The van der Waals surface area contributed by atoms with E-state index in [1.807, 2.05) is 31.2 Å². The van der Waals surface area contributed by atoms with Gasteiger partial charge in [-0.3, -0.25) is 0 Å². The van der Waals surface area contributed by atoms with E-state index >= 15 is 0 Å². The number of unbranched alkanes of at least 4 members (excludes halogenated alkanes) is 4. The van der Waals surface area contributed by atoms with E-state index in [2.05, 4.69) is 18.3 Å². The van der Waals surface area contributed by atoms with Crippen molar-refractivity contribution in [2.24, 2.45) is 0 Å². The second kappa shape index (κ2) is 14.8. The number of benzene rings is 2. The van der Waals surface area contributed by atoms with Crippen LogP contribution in [-0.2, 0) is 13.2 Å². The van der Waals surface area contributed by atoms with Crippen LogP contribution in [0, 0.1) is 0 Å². The van der Waals surface area contributed by atoms with Crippen LogP contribution in [0.2, 0.25) is 10.0 Å². The number of ether oxygens (including phenoxy) is 2. The van der Waals surface area contributed by atoms with Crippen molar-refractivity contribution >= 4 is 35.6 Å². The normalized spacial score (nSPS) is 10.5. The topological polar surface area (TPSA) is 30.5 Å². The van der Waals surface area contributed by atoms with Crippen molar-refractivity contribution in [3.63, 3.8) is 0 Å². The van der Waals surface area contributed by atoms with Gasteiger partial charge in [0.05, 0.1) is 6.61 Å². The third kappa shape index (κ3) is 9.48. The molecule has 0 saturated carbocycles. The summed E-state index contributed by atoms with van der Waals surface area (Å²) in [5.74, 6) is 1.48. The molecule has 0 aromatic heterocycles. The van der Waals surface area contributed by atoms with Crippen molar-refractivity contribution in [2.75, 3.05) is 13.2 Å². The van der Waals surface area contributed by atoms with Crippen molar-refractivity contribution in [1.82, 2.24) is 5.32 Å². The van der Waals surface area contributed by atoms with Crippen LogP contribution in [0.3, 0.4) is 0 Å². The molecule has 2 rings (SSSR count). The molecule has 0 unspecified atom stereocenters. The molecule has 6 heteroatoms. The summed E-state index contributed by atoms with van der Waals surface area (Å²) in [5.41, 5.74) is 2.08. The van der Waals surface area contributed by atoms with E-state index in [0.717, 1.165) is 30.2 Å². The largest absolute Gasteiger partial charge is 0.490 e. The minimum Gasteiger partial charge on any atom is -0.490 e. The fraction of sp³-hybridized carbons (Fsp3) is 0.478. The zero-order chi connectivity index (χ0) is 20.2. The molecule has 0 spiro atoms. The highest BCUT2D eigenvalue weighted by Gasteiger charge is 2.09. The molecule has 3 nitrogen and oxygen atoms in total. The molecule has 0 atom stereocenters. The lowest BCUT2D eigenvalue weighted by Crippen LogP contribution is -2.14. The number of rotatable bonds is 13. The van der Waals surface area contributed by atoms with E-state index in [0.29, 0.717) is 23.3 Å². The van der Waals surface area contributed by atoms with Crippen molar-refractivity contribution in [3.8, 4) is 11.5 Å². The minimum atomic E-state index is 0. The molecule has 29 heavy (non-hydrogen) atoms. The van der Waals surface area contributed by atoms with Gasteiger partial charge in [0.15, 0.2) is 11.5 Å². The quantitative estimate of drug-likeness (QED) is 0.315. The predicted molar refractivity (Wildman–Crippen MR) is 126 cm³/mol. The molecule has 2 aromatic carbocycles. The van der Waals surface area contributed by atoms with E-state index in [-0.39, 0.29) is 12.4 Å². The van der Waals surface area contributed by atoms with Crippen molar-refractivity contribution in [3.05, 3.63) is 57.6 Å². The van der Waals surface area contributed by atoms with Gasteiger partial charge in [0.2, 0.25) is 0 Å². The standard InChI is InChI=1S/C23H31Cl2NO2.ClH/c1-3-5-6-7-8-13-26-16-18-9-12-22(23(14-18)27-4-2)28-17-19-10-11-20(24)15-21(19)25;/h9-12,14-15,26H,3-8,13,16-17H2,1-2H3;1H. The molecule has 0 bridgehead atoms. The molecule has 162 valence electrons. The molecule has 0 fully saturated rings. The molecule has 0 saturated heterocycles. The van der Waals surface area contributed by atoms with E-state index in [1.165, 1.54) is 37.7 Å². The van der Waals surface area contributed by atoms with Gasteiger partial charge in [0, 0.05) is 22.2 Å². The summed E-state index contributed by atoms with van der Waals surface area (Å²) >= 11 is 12.2. The molecule has 2 aromatic rings. The maximum absolute atomic E-state index is 6.23. The third-order valence-corrected chi connectivity index (χ3v) is 5.08. The second-order valence-electron chi connectivity index (χ2n) is 6.83. The van der Waals surface area contributed by atoms with Gasteiger partial charge in [-0.2, -0.15) is 0 Å². The van der Waals surface area contributed by atoms with Crippen LogP contribution in [0.25, 0.3) is 0 Å². The summed E-state index contributed by atoms with van der Waals surface area (Å²) in [6.45, 7) is 7.04. The van der Waals surface area contributed by atoms with Gasteiger partial charge in [0.25, 0.3) is 0 Å². The first kappa shape index (κ1) is 25.9. The lowest BCUT2D eigenvalue weighted by Gasteiger charge is -2.14. The molecule has 0 aliphatic rings. The fourth-order valence-corrected chi connectivity index (χ4v) is 3.39. The van der Waals surface area contributed by atoms with E-state index in [1.54, 1.807) is 6.07 Å². The molecule has 0 radical (unpaired) electrons. The molecular weight excluding hydrogens is 429 g/mol. The Morgan fingerprint density at radius 3 is 2.38 bits per heavy atom. The SMILES string of the molecule is CCCCCCCNCc1ccc(OCc2ccc(Cl)cc2Cl)c(OCC)c1.Cl. The molecule has 1 N–H and O–H groups in total. The molecule has 0 aliphatic heterocycles. The Hall–Kier alpha value is -1.13. The van der Waals surface area contributed by atoms with Crippen molar-refractivity contribution in [1.29, 1.82) is 0 Å². The van der Waals surface area contributed by atoms with Gasteiger partial charge >= 0.3 is 0 Å². The summed E-state index contributed by atoms with van der Waals surface area (Å²) in [6, 6.07) is 11.5. The highest BCUT2D eigenvalue weighted by atomic mass is 35.5. The number of halogens is 3. The Balaban J connectivity index is 0.00000420. The summed E-state index contributed by atoms with van der Waals surface area (Å²) in [6.07, 6.45) is 6.47. The smallest absolute Gasteiger partial charge is 0.161 e. The monoisotopic (exact) mass is 459 g/mol. The van der Waals surface area contributed by atoms with Crippen molar-refractivity contribution < 1.29 is 9.47 Å². The van der Waals surface area contributed by atoms with Crippen LogP contribution in [0.15, 0.2) is 36.4 Å². The molecule has 0 amide bonds. The van der Waals surface area contributed by atoms with E-state index < -0.39 is 0 Å². The highest BCUT2D eigenvalue weighted by molar-refractivity contribution is 6.35. The summed E-state index contributed by atoms with van der Waals surface area (Å²) < 4.78 is 11.7. The second-order valence-corrected chi connectivity index (χ2v) is 7.67. The van der Waals surface area contributed by atoms with Crippen LogP contribution in [0.4, 0.5) is 0 Å². The van der Waals surface area contributed by atoms with Crippen molar-refractivity contribution in [2.45, 2.75) is 59.1 Å². The number of nitrogens with one attached hydrogen (secondary N) is 1. The minimum absolute atomic E-state index is 0. The van der Waals surface area contributed by atoms with Crippen LogP contribution >= 0.6 is 35.6 Å². The summed E-state index contributed by atoms with van der Waals surface area (Å²) in [4.78, 5) is 0. The van der Waals surface area contributed by atoms with E-state index in [4.69, 9.17) is 32.7 Å². The molecule has 0 aliphatic carbocycles. The van der Waals surface area contributed by atoms with Crippen LogP contribution in [0.1, 0.15) is 57.1 Å². The first-order valence-corrected chi connectivity index (χ1v) is 10.9. The first-order valence-electron chi connectivity index (χ1n) is 10.2. The lowest BCUT2D eigenvalue weighted by molar-refractivity contribution is 0.269. The summed E-state index contributed by atoms with van der Waals surface area (Å²) in [7, 11) is 0. The number of hydrogen-bond acceptors (Lipinski definition) is 3. The van der Waals surface area contributed by atoms with Gasteiger partial charge in [-0.05, 0) is 49.7 Å². The Kier molecular flexibility index (Phi) is 13.2. The fourth-order valence-electron chi connectivity index (χ4n) is 2.93. The molecular formula is C23H32Cl3NO2. The zero-order valence-electron chi connectivity index (χ0n) is 17.3. The molecule has 0 heterocycles. The van der Waals surface area contributed by atoms with Gasteiger partial charge < -0.3 is 14.8 Å². The lowest BCUT2D eigenvalue weighted by atomic mass is 10.1. The Morgan fingerprint density at radius 1 is 0.862 bits per heavy atom. The van der Waals surface area contributed by atoms with E-state index in [9.17, 15) is 0 Å². The van der Waals surface area contributed by atoms with Gasteiger partial charge in [0.1, 0.15) is 6.61 Å². The number of hydrogen-bond donors (Lipinski definition) is 1. The third-order valence-electron chi connectivity index (χ3n) is 4.49. The zero-order valence-corrected chi connectivity index (χ0v) is 19.6. The van der Waals surface area contributed by atoms with Crippen LogP contribution in [0.5, 0.6) is 11.5 Å². The average Bonchev–Trinajstić information content (AvgIpc) is 2.68. The van der Waals surface area contributed by atoms with Crippen LogP contribution in [-0.4, -0.2) is 13.2 Å². The first-order chi connectivity index (χ1) is 13.6. The van der Waals surface area contributed by atoms with Gasteiger partial charge in [-0.15, -0.1) is 12.4 Å².